The maximum atomic E-state index is 12.2. The average molecular weight is 449 g/mol. The van der Waals surface area contributed by atoms with E-state index in [1.54, 1.807) is 0 Å². The lowest BCUT2D eigenvalue weighted by Crippen LogP contribution is -2.31. The molecule has 1 heterocycles. The summed E-state index contributed by atoms with van der Waals surface area (Å²) in [5.74, 6) is -2.07. The molecule has 9 heteroatoms. The quantitative estimate of drug-likeness (QED) is 0.481. The van der Waals surface area contributed by atoms with Crippen molar-refractivity contribution in [3.05, 3.63) is 77.2 Å². The van der Waals surface area contributed by atoms with Crippen LogP contribution in [0.2, 0.25) is 0 Å². The summed E-state index contributed by atoms with van der Waals surface area (Å²) in [6.07, 6.45) is -0.616. The fraction of sp³-hybridized carbons (Fsp3) is 0.250. The van der Waals surface area contributed by atoms with E-state index in [-0.39, 0.29) is 37.1 Å². The number of aliphatic carboxylic acids is 1. The van der Waals surface area contributed by atoms with Gasteiger partial charge in [-0.2, -0.15) is 0 Å². The lowest BCUT2D eigenvalue weighted by atomic mass is 9.98. The number of carboxylic acids is 1. The zero-order chi connectivity index (χ0) is 23.4. The first-order chi connectivity index (χ1) is 15.9. The molecule has 9 nitrogen and oxygen atoms in total. The molecule has 0 saturated carbocycles. The number of ether oxygens (including phenoxy) is 1. The second kappa shape index (κ2) is 9.56. The number of rotatable bonds is 8. The SMILES string of the molecule is CC(CNC(=O)c1cc(CNC(=O)OCC2c3ccccc3-c3ccccc32)on1)C(=O)O. The van der Waals surface area contributed by atoms with Crippen LogP contribution in [0.3, 0.4) is 0 Å². The van der Waals surface area contributed by atoms with Gasteiger partial charge in [0.25, 0.3) is 5.91 Å². The van der Waals surface area contributed by atoms with Crippen molar-refractivity contribution < 1.29 is 28.8 Å². The van der Waals surface area contributed by atoms with Crippen LogP contribution in [0.4, 0.5) is 4.79 Å². The first-order valence-corrected chi connectivity index (χ1v) is 10.5. The number of amides is 2. The van der Waals surface area contributed by atoms with E-state index in [1.807, 2.05) is 36.4 Å². The summed E-state index contributed by atoms with van der Waals surface area (Å²) < 4.78 is 10.5. The Kier molecular flexibility index (Phi) is 6.39. The van der Waals surface area contributed by atoms with Crippen molar-refractivity contribution in [2.45, 2.75) is 19.4 Å². The van der Waals surface area contributed by atoms with E-state index in [2.05, 4.69) is 27.9 Å². The predicted octanol–water partition coefficient (Wildman–Crippen LogP) is 3.16. The molecule has 0 saturated heterocycles. The molecule has 0 spiro atoms. The van der Waals surface area contributed by atoms with E-state index in [0.717, 1.165) is 22.3 Å². The molecule has 0 bridgehead atoms. The standard InChI is InChI=1S/C24H23N3O6/c1-14(23(29)30)11-25-22(28)21-10-15(33-27-21)12-26-24(31)32-13-20-18-8-4-2-6-16(18)17-7-3-5-9-19(17)20/h2-10,14,20H,11-13H2,1H3,(H,25,28)(H,26,31)(H,29,30). The average Bonchev–Trinajstić information content (AvgIpc) is 3.42. The molecule has 1 aliphatic rings. The van der Waals surface area contributed by atoms with Gasteiger partial charge in [-0.15, -0.1) is 0 Å². The molecule has 33 heavy (non-hydrogen) atoms. The van der Waals surface area contributed by atoms with Crippen LogP contribution >= 0.6 is 0 Å². The first-order valence-electron chi connectivity index (χ1n) is 10.5. The minimum absolute atomic E-state index is 0.00285. The molecule has 1 atom stereocenters. The Morgan fingerprint density at radius 3 is 2.33 bits per heavy atom. The Labute approximate surface area is 189 Å². The summed E-state index contributed by atoms with van der Waals surface area (Å²) >= 11 is 0. The number of carboxylic acid groups (broad SMARTS) is 1. The highest BCUT2D eigenvalue weighted by Crippen LogP contribution is 2.44. The number of alkyl carbamates (subject to hydrolysis) is 1. The summed E-state index contributed by atoms with van der Waals surface area (Å²) in [4.78, 5) is 35.1. The summed E-state index contributed by atoms with van der Waals surface area (Å²) in [7, 11) is 0. The van der Waals surface area contributed by atoms with Gasteiger partial charge in [-0.05, 0) is 22.3 Å². The predicted molar refractivity (Wildman–Crippen MR) is 118 cm³/mol. The van der Waals surface area contributed by atoms with Crippen molar-refractivity contribution in [2.75, 3.05) is 13.2 Å². The normalized spacial score (nSPS) is 13.0. The Balaban J connectivity index is 1.29. The van der Waals surface area contributed by atoms with Crippen molar-refractivity contribution in [1.82, 2.24) is 15.8 Å². The first kappa shape index (κ1) is 22.1. The molecular weight excluding hydrogens is 426 g/mol. The van der Waals surface area contributed by atoms with Gasteiger partial charge in [0.2, 0.25) is 0 Å². The summed E-state index contributed by atoms with van der Waals surface area (Å²) in [5.41, 5.74) is 4.53. The van der Waals surface area contributed by atoms with Crippen molar-refractivity contribution in [2.24, 2.45) is 5.92 Å². The van der Waals surface area contributed by atoms with Crippen LogP contribution in [0.1, 0.15) is 40.2 Å². The number of carbonyl (C=O) groups is 3. The fourth-order valence-electron chi connectivity index (χ4n) is 3.74. The van der Waals surface area contributed by atoms with E-state index in [1.165, 1.54) is 13.0 Å². The number of aromatic nitrogens is 1. The van der Waals surface area contributed by atoms with E-state index >= 15 is 0 Å². The zero-order valence-electron chi connectivity index (χ0n) is 17.9. The fourth-order valence-corrected chi connectivity index (χ4v) is 3.74. The van der Waals surface area contributed by atoms with Crippen molar-refractivity contribution in [3.8, 4) is 11.1 Å². The maximum Gasteiger partial charge on any atom is 0.407 e. The van der Waals surface area contributed by atoms with Crippen LogP contribution in [0, 0.1) is 5.92 Å². The highest BCUT2D eigenvalue weighted by Gasteiger charge is 2.29. The van der Waals surface area contributed by atoms with Gasteiger partial charge >= 0.3 is 12.1 Å². The highest BCUT2D eigenvalue weighted by atomic mass is 16.5. The van der Waals surface area contributed by atoms with Crippen molar-refractivity contribution in [3.63, 3.8) is 0 Å². The largest absolute Gasteiger partial charge is 0.481 e. The Morgan fingerprint density at radius 2 is 1.70 bits per heavy atom. The second-order valence-electron chi connectivity index (χ2n) is 7.81. The second-order valence-corrected chi connectivity index (χ2v) is 7.81. The van der Waals surface area contributed by atoms with Gasteiger partial charge in [0.05, 0.1) is 12.5 Å². The monoisotopic (exact) mass is 449 g/mol. The maximum absolute atomic E-state index is 12.2. The summed E-state index contributed by atoms with van der Waals surface area (Å²) in [6, 6.07) is 17.5. The number of hydrogen-bond donors (Lipinski definition) is 3. The minimum atomic E-state index is -1.01. The van der Waals surface area contributed by atoms with Crippen molar-refractivity contribution in [1.29, 1.82) is 0 Å². The van der Waals surface area contributed by atoms with Gasteiger partial charge < -0.3 is 25.0 Å². The third kappa shape index (κ3) is 4.87. The van der Waals surface area contributed by atoms with Crippen molar-refractivity contribution >= 4 is 18.0 Å². The summed E-state index contributed by atoms with van der Waals surface area (Å²) in [6.45, 7) is 1.62. The number of hydrogen-bond acceptors (Lipinski definition) is 6. The molecular formula is C24H23N3O6. The van der Waals surface area contributed by atoms with Crippen LogP contribution in [-0.4, -0.2) is 41.4 Å². The number of carbonyl (C=O) groups excluding carboxylic acids is 2. The van der Waals surface area contributed by atoms with E-state index < -0.39 is 23.9 Å². The molecule has 0 radical (unpaired) electrons. The Hall–Kier alpha value is -4.14. The van der Waals surface area contributed by atoms with Gasteiger partial charge in [0.1, 0.15) is 6.61 Å². The van der Waals surface area contributed by atoms with E-state index in [9.17, 15) is 14.4 Å². The third-order valence-corrected chi connectivity index (χ3v) is 5.53. The Bertz CT molecular complexity index is 1140. The number of nitrogens with one attached hydrogen (secondary N) is 2. The van der Waals surface area contributed by atoms with E-state index in [0.29, 0.717) is 0 Å². The molecule has 1 aliphatic carbocycles. The van der Waals surface area contributed by atoms with Gasteiger partial charge in [-0.25, -0.2) is 4.79 Å². The summed E-state index contributed by atoms with van der Waals surface area (Å²) in [5, 5.41) is 17.6. The molecule has 2 aromatic carbocycles. The topological polar surface area (TPSA) is 131 Å². The number of benzene rings is 2. The molecule has 3 aromatic rings. The lowest BCUT2D eigenvalue weighted by molar-refractivity contribution is -0.140. The molecule has 2 amide bonds. The van der Waals surface area contributed by atoms with Gasteiger partial charge in [0.15, 0.2) is 11.5 Å². The van der Waals surface area contributed by atoms with Crippen LogP contribution in [0.5, 0.6) is 0 Å². The smallest absolute Gasteiger partial charge is 0.407 e. The third-order valence-electron chi connectivity index (χ3n) is 5.53. The molecule has 3 N–H and O–H groups in total. The molecule has 4 rings (SSSR count). The van der Waals surface area contributed by atoms with Gasteiger partial charge in [0, 0.05) is 18.5 Å². The van der Waals surface area contributed by atoms with Crippen LogP contribution in [-0.2, 0) is 16.1 Å². The number of nitrogens with zero attached hydrogens (tertiary/aromatic N) is 1. The molecule has 170 valence electrons. The molecule has 1 unspecified atom stereocenters. The van der Waals surface area contributed by atoms with E-state index in [4.69, 9.17) is 14.4 Å². The zero-order valence-corrected chi connectivity index (χ0v) is 17.9. The lowest BCUT2D eigenvalue weighted by Gasteiger charge is -2.14. The van der Waals surface area contributed by atoms with Crippen LogP contribution in [0.15, 0.2) is 59.1 Å². The molecule has 1 aromatic heterocycles. The van der Waals surface area contributed by atoms with Gasteiger partial charge in [-0.1, -0.05) is 60.6 Å². The molecule has 0 aliphatic heterocycles. The Morgan fingerprint density at radius 1 is 1.06 bits per heavy atom. The van der Waals surface area contributed by atoms with Crippen LogP contribution < -0.4 is 10.6 Å². The molecule has 0 fully saturated rings. The van der Waals surface area contributed by atoms with Crippen LogP contribution in [0.25, 0.3) is 11.1 Å². The highest BCUT2D eigenvalue weighted by molar-refractivity contribution is 5.92. The number of fused-ring (bicyclic) bond motifs is 3. The van der Waals surface area contributed by atoms with Gasteiger partial charge in [-0.3, -0.25) is 9.59 Å². The minimum Gasteiger partial charge on any atom is -0.481 e.